The summed E-state index contributed by atoms with van der Waals surface area (Å²) < 4.78 is 0. The maximum atomic E-state index is 12.1. The third-order valence-electron chi connectivity index (χ3n) is 3.32. The van der Waals surface area contributed by atoms with Crippen LogP contribution in [0.1, 0.15) is 47.0 Å². The zero-order chi connectivity index (χ0) is 13.4. The molecule has 0 aliphatic carbocycles. The van der Waals surface area contributed by atoms with Gasteiger partial charge in [-0.2, -0.15) is 0 Å². The maximum Gasteiger partial charge on any atom is 0.329 e. The van der Waals surface area contributed by atoms with E-state index in [-0.39, 0.29) is 18.7 Å². The standard InChI is InChI=1S/C12H19NO4/c1-5-6-12(4,10(16)17)13-8(14)7-11(2,3)9(13)15/h5-7H2,1-4H3,(H,16,17). The molecule has 0 aromatic heterocycles. The van der Waals surface area contributed by atoms with E-state index in [0.29, 0.717) is 6.42 Å². The van der Waals surface area contributed by atoms with E-state index in [2.05, 4.69) is 0 Å². The molecule has 0 bridgehead atoms. The third kappa shape index (κ3) is 2.06. The quantitative estimate of drug-likeness (QED) is 0.755. The van der Waals surface area contributed by atoms with Crippen molar-refractivity contribution >= 4 is 17.8 Å². The van der Waals surface area contributed by atoms with E-state index in [9.17, 15) is 19.5 Å². The van der Waals surface area contributed by atoms with Crippen LogP contribution in [0.3, 0.4) is 0 Å². The number of rotatable bonds is 4. The van der Waals surface area contributed by atoms with Gasteiger partial charge in [0.2, 0.25) is 11.8 Å². The van der Waals surface area contributed by atoms with Crippen LogP contribution in [0.25, 0.3) is 0 Å². The summed E-state index contributed by atoms with van der Waals surface area (Å²) in [4.78, 5) is 36.3. The first-order chi connectivity index (χ1) is 7.66. The Hall–Kier alpha value is -1.39. The van der Waals surface area contributed by atoms with Crippen molar-refractivity contribution < 1.29 is 19.5 Å². The number of amides is 2. The smallest absolute Gasteiger partial charge is 0.329 e. The number of carbonyl (C=O) groups excluding carboxylic acids is 2. The number of carbonyl (C=O) groups is 3. The van der Waals surface area contributed by atoms with Gasteiger partial charge in [-0.25, -0.2) is 4.79 Å². The molecule has 0 spiro atoms. The van der Waals surface area contributed by atoms with Gasteiger partial charge in [-0.15, -0.1) is 0 Å². The minimum absolute atomic E-state index is 0.0818. The Balaban J connectivity index is 3.17. The molecule has 1 N–H and O–H groups in total. The minimum atomic E-state index is -1.42. The van der Waals surface area contributed by atoms with Gasteiger partial charge in [0, 0.05) is 6.42 Å². The molecule has 1 fully saturated rings. The van der Waals surface area contributed by atoms with Gasteiger partial charge in [-0.1, -0.05) is 27.2 Å². The van der Waals surface area contributed by atoms with Crippen molar-refractivity contribution in [3.63, 3.8) is 0 Å². The summed E-state index contributed by atoms with van der Waals surface area (Å²) in [6.45, 7) is 6.61. The zero-order valence-electron chi connectivity index (χ0n) is 10.7. The van der Waals surface area contributed by atoms with Crippen LogP contribution in [-0.4, -0.2) is 33.3 Å². The summed E-state index contributed by atoms with van der Waals surface area (Å²) in [5, 5.41) is 9.28. The molecule has 1 rings (SSSR count). The molecule has 5 nitrogen and oxygen atoms in total. The van der Waals surface area contributed by atoms with Gasteiger partial charge >= 0.3 is 5.97 Å². The van der Waals surface area contributed by atoms with Crippen LogP contribution in [0.2, 0.25) is 0 Å². The molecule has 1 aliphatic rings. The van der Waals surface area contributed by atoms with E-state index >= 15 is 0 Å². The van der Waals surface area contributed by atoms with Crippen LogP contribution in [0.4, 0.5) is 0 Å². The van der Waals surface area contributed by atoms with E-state index in [1.54, 1.807) is 13.8 Å². The van der Waals surface area contributed by atoms with Crippen molar-refractivity contribution in [3.05, 3.63) is 0 Å². The molecule has 1 heterocycles. The molecular formula is C12H19NO4. The second-order valence-corrected chi connectivity index (χ2v) is 5.42. The fraction of sp³-hybridized carbons (Fsp3) is 0.750. The highest BCUT2D eigenvalue weighted by Crippen LogP contribution is 2.37. The molecule has 0 aromatic rings. The second-order valence-electron chi connectivity index (χ2n) is 5.42. The maximum absolute atomic E-state index is 12.1. The summed E-state index contributed by atoms with van der Waals surface area (Å²) in [6.07, 6.45) is 0.953. The monoisotopic (exact) mass is 241 g/mol. The number of imide groups is 1. The van der Waals surface area contributed by atoms with E-state index in [1.165, 1.54) is 6.92 Å². The molecule has 0 radical (unpaired) electrons. The van der Waals surface area contributed by atoms with Crippen molar-refractivity contribution in [2.24, 2.45) is 5.41 Å². The van der Waals surface area contributed by atoms with Crippen LogP contribution in [0.5, 0.6) is 0 Å². The summed E-state index contributed by atoms with van der Waals surface area (Å²) in [7, 11) is 0. The lowest BCUT2D eigenvalue weighted by atomic mass is 9.90. The number of hydrogen-bond donors (Lipinski definition) is 1. The van der Waals surface area contributed by atoms with Crippen LogP contribution in [-0.2, 0) is 14.4 Å². The summed E-state index contributed by atoms with van der Waals surface area (Å²) >= 11 is 0. The number of carboxylic acids is 1. The van der Waals surface area contributed by atoms with Crippen molar-refractivity contribution in [1.29, 1.82) is 0 Å². The normalized spacial score (nSPS) is 22.7. The van der Waals surface area contributed by atoms with Crippen molar-refractivity contribution in [2.45, 2.75) is 52.5 Å². The molecule has 17 heavy (non-hydrogen) atoms. The van der Waals surface area contributed by atoms with Crippen molar-refractivity contribution in [1.82, 2.24) is 4.90 Å². The fourth-order valence-electron chi connectivity index (χ4n) is 2.25. The van der Waals surface area contributed by atoms with Gasteiger partial charge in [-0.3, -0.25) is 14.5 Å². The fourth-order valence-corrected chi connectivity index (χ4v) is 2.25. The Morgan fingerprint density at radius 3 is 2.29 bits per heavy atom. The van der Waals surface area contributed by atoms with Crippen LogP contribution >= 0.6 is 0 Å². The average Bonchev–Trinajstić information content (AvgIpc) is 2.36. The van der Waals surface area contributed by atoms with Gasteiger partial charge in [0.15, 0.2) is 0 Å². The topological polar surface area (TPSA) is 74.7 Å². The molecule has 1 saturated heterocycles. The molecule has 1 atom stereocenters. The Labute approximate surface area is 101 Å². The van der Waals surface area contributed by atoms with Gasteiger partial charge in [0.25, 0.3) is 0 Å². The zero-order valence-corrected chi connectivity index (χ0v) is 10.7. The molecular weight excluding hydrogens is 222 g/mol. The Morgan fingerprint density at radius 1 is 1.47 bits per heavy atom. The number of nitrogens with zero attached hydrogens (tertiary/aromatic N) is 1. The highest BCUT2D eigenvalue weighted by Gasteiger charge is 2.54. The molecule has 1 unspecified atom stereocenters. The van der Waals surface area contributed by atoms with Crippen molar-refractivity contribution in [2.75, 3.05) is 0 Å². The first kappa shape index (κ1) is 13.7. The van der Waals surface area contributed by atoms with E-state index < -0.39 is 22.8 Å². The first-order valence-electron chi connectivity index (χ1n) is 5.77. The van der Waals surface area contributed by atoms with E-state index in [1.807, 2.05) is 6.92 Å². The third-order valence-corrected chi connectivity index (χ3v) is 3.32. The molecule has 96 valence electrons. The highest BCUT2D eigenvalue weighted by atomic mass is 16.4. The summed E-state index contributed by atoms with van der Waals surface area (Å²) in [5.41, 5.74) is -2.21. The molecule has 2 amide bonds. The average molecular weight is 241 g/mol. The number of hydrogen-bond acceptors (Lipinski definition) is 3. The lowest BCUT2D eigenvalue weighted by molar-refractivity contribution is -0.163. The van der Waals surface area contributed by atoms with Gasteiger partial charge in [-0.05, 0) is 13.3 Å². The van der Waals surface area contributed by atoms with Crippen LogP contribution in [0.15, 0.2) is 0 Å². The summed E-state index contributed by atoms with van der Waals surface area (Å²) in [5.74, 6) is -1.90. The number of aliphatic carboxylic acids is 1. The number of likely N-dealkylation sites (tertiary alicyclic amines) is 1. The number of carboxylic acid groups (broad SMARTS) is 1. The lowest BCUT2D eigenvalue weighted by Crippen LogP contribution is -2.55. The predicted octanol–water partition coefficient (Wildman–Crippen LogP) is 1.41. The van der Waals surface area contributed by atoms with Gasteiger partial charge < -0.3 is 5.11 Å². The van der Waals surface area contributed by atoms with E-state index in [0.717, 1.165) is 4.90 Å². The van der Waals surface area contributed by atoms with Crippen LogP contribution in [0, 0.1) is 5.41 Å². The molecule has 0 aromatic carbocycles. The first-order valence-corrected chi connectivity index (χ1v) is 5.77. The predicted molar refractivity (Wildman–Crippen MR) is 61.2 cm³/mol. The lowest BCUT2D eigenvalue weighted by Gasteiger charge is -2.34. The van der Waals surface area contributed by atoms with Gasteiger partial charge in [0.05, 0.1) is 5.41 Å². The highest BCUT2D eigenvalue weighted by molar-refractivity contribution is 6.09. The van der Waals surface area contributed by atoms with E-state index in [4.69, 9.17) is 0 Å². The Morgan fingerprint density at radius 2 is 2.00 bits per heavy atom. The largest absolute Gasteiger partial charge is 0.479 e. The second kappa shape index (κ2) is 4.13. The summed E-state index contributed by atoms with van der Waals surface area (Å²) in [6, 6.07) is 0. The molecule has 5 heteroatoms. The SMILES string of the molecule is CCCC(C)(C(=O)O)N1C(=O)CC(C)(C)C1=O. The van der Waals surface area contributed by atoms with Gasteiger partial charge in [0.1, 0.15) is 5.54 Å². The van der Waals surface area contributed by atoms with Crippen LogP contribution < -0.4 is 0 Å². The molecule has 1 aliphatic heterocycles. The molecule has 0 saturated carbocycles. The Bertz CT molecular complexity index is 375. The van der Waals surface area contributed by atoms with Crippen molar-refractivity contribution in [3.8, 4) is 0 Å². The minimum Gasteiger partial charge on any atom is -0.479 e. The Kier molecular flexibility index (Phi) is 3.32.